The van der Waals surface area contributed by atoms with Crippen LogP contribution in [0.4, 0.5) is 13.2 Å². The molecule has 0 atom stereocenters. The zero-order valence-electron chi connectivity index (χ0n) is 14.1. The van der Waals surface area contributed by atoms with Crippen molar-refractivity contribution in [3.05, 3.63) is 59.9 Å². The van der Waals surface area contributed by atoms with E-state index in [-0.39, 0.29) is 17.8 Å². The molecule has 0 spiro atoms. The van der Waals surface area contributed by atoms with Crippen LogP contribution in [0.2, 0.25) is 0 Å². The molecule has 27 heavy (non-hydrogen) atoms. The van der Waals surface area contributed by atoms with E-state index in [9.17, 15) is 22.8 Å². The molecule has 2 heterocycles. The van der Waals surface area contributed by atoms with Gasteiger partial charge in [0.15, 0.2) is 0 Å². The number of amides is 1. The summed E-state index contributed by atoms with van der Waals surface area (Å²) in [5.41, 5.74) is 0.398. The molecule has 1 aromatic carbocycles. The first kappa shape index (κ1) is 18.4. The van der Waals surface area contributed by atoms with Gasteiger partial charge in [-0.3, -0.25) is 9.59 Å². The normalized spacial score (nSPS) is 11.4. The molecule has 0 aliphatic carbocycles. The molecule has 0 saturated heterocycles. The molecule has 0 unspecified atom stereocenters. The third kappa shape index (κ3) is 3.91. The van der Waals surface area contributed by atoms with Crippen LogP contribution in [0.1, 0.15) is 16.1 Å². The maximum absolute atomic E-state index is 13.0. The Morgan fingerprint density at radius 1 is 1.19 bits per heavy atom. The Morgan fingerprint density at radius 3 is 2.67 bits per heavy atom. The van der Waals surface area contributed by atoms with Crippen LogP contribution in [-0.4, -0.2) is 35.1 Å². The van der Waals surface area contributed by atoms with Crippen LogP contribution in [-0.2, 0) is 15.7 Å². The Labute approximate surface area is 151 Å². The van der Waals surface area contributed by atoms with Gasteiger partial charge in [0.1, 0.15) is 12.2 Å². The summed E-state index contributed by atoms with van der Waals surface area (Å²) in [5.74, 6) is -1.28. The fourth-order valence-electron chi connectivity index (χ4n) is 2.55. The molecular weight excluding hydrogens is 363 g/mol. The molecule has 1 amide bonds. The first-order valence-corrected chi connectivity index (χ1v) is 7.80. The molecule has 1 N–H and O–H groups in total. The van der Waals surface area contributed by atoms with Gasteiger partial charge in [-0.2, -0.15) is 18.3 Å². The topological polar surface area (TPSA) is 72.7 Å². The Morgan fingerprint density at radius 2 is 1.96 bits per heavy atom. The van der Waals surface area contributed by atoms with E-state index in [1.165, 1.54) is 29.8 Å². The first-order chi connectivity index (χ1) is 12.8. The van der Waals surface area contributed by atoms with Crippen LogP contribution in [0, 0.1) is 0 Å². The number of methoxy groups -OCH3 is 1. The molecule has 3 aromatic rings. The van der Waals surface area contributed by atoms with Crippen molar-refractivity contribution in [1.29, 1.82) is 0 Å². The largest absolute Gasteiger partial charge is 0.468 e. The summed E-state index contributed by atoms with van der Waals surface area (Å²) in [6.07, 6.45) is -2.91. The molecule has 9 heteroatoms. The van der Waals surface area contributed by atoms with Crippen LogP contribution < -0.4 is 5.32 Å². The average Bonchev–Trinajstić information content (AvgIpc) is 3.13. The predicted octanol–water partition coefficient (Wildman–Crippen LogP) is 2.92. The van der Waals surface area contributed by atoms with E-state index < -0.39 is 23.6 Å². The summed E-state index contributed by atoms with van der Waals surface area (Å²) in [6.45, 7) is -0.348. The third-order valence-electron chi connectivity index (χ3n) is 3.86. The highest BCUT2D eigenvalue weighted by Crippen LogP contribution is 2.33. The minimum absolute atomic E-state index is 0.0463. The van der Waals surface area contributed by atoms with Crippen LogP contribution in [0.5, 0.6) is 0 Å². The smallest absolute Gasteiger partial charge is 0.416 e. The van der Waals surface area contributed by atoms with E-state index in [2.05, 4.69) is 15.2 Å². The molecule has 3 rings (SSSR count). The Hall–Kier alpha value is -3.36. The van der Waals surface area contributed by atoms with Crippen molar-refractivity contribution >= 4 is 17.4 Å². The quantitative estimate of drug-likeness (QED) is 0.710. The fraction of sp³-hybridized carbons (Fsp3) is 0.167. The van der Waals surface area contributed by atoms with Gasteiger partial charge in [-0.15, -0.1) is 0 Å². The fourth-order valence-corrected chi connectivity index (χ4v) is 2.55. The lowest BCUT2D eigenvalue weighted by molar-refractivity contribution is -0.139. The highest BCUT2D eigenvalue weighted by Gasteiger charge is 2.30. The first-order valence-electron chi connectivity index (χ1n) is 7.80. The Kier molecular flexibility index (Phi) is 4.85. The van der Waals surface area contributed by atoms with Crippen molar-refractivity contribution in [2.75, 3.05) is 13.7 Å². The van der Waals surface area contributed by atoms with Crippen molar-refractivity contribution in [3.63, 3.8) is 0 Å². The molecular formula is C18H14F3N3O3. The number of hydrogen-bond donors (Lipinski definition) is 1. The van der Waals surface area contributed by atoms with Crippen LogP contribution in [0.25, 0.3) is 16.6 Å². The lowest BCUT2D eigenvalue weighted by atomic mass is 10.0. The van der Waals surface area contributed by atoms with Crippen molar-refractivity contribution in [2.24, 2.45) is 0 Å². The van der Waals surface area contributed by atoms with Gasteiger partial charge in [-0.25, -0.2) is 4.52 Å². The molecule has 0 aliphatic heterocycles. The summed E-state index contributed by atoms with van der Waals surface area (Å²) in [6, 6.07) is 9.54. The molecule has 6 nitrogen and oxygen atoms in total. The van der Waals surface area contributed by atoms with Crippen molar-refractivity contribution in [2.45, 2.75) is 6.18 Å². The predicted molar refractivity (Wildman–Crippen MR) is 90.0 cm³/mol. The number of rotatable bonds is 4. The summed E-state index contributed by atoms with van der Waals surface area (Å²) < 4.78 is 44.9. The number of fused-ring (bicyclic) bond motifs is 1. The monoisotopic (exact) mass is 377 g/mol. The summed E-state index contributed by atoms with van der Waals surface area (Å²) in [7, 11) is 1.18. The minimum atomic E-state index is -4.48. The second-order valence-electron chi connectivity index (χ2n) is 5.62. The second kappa shape index (κ2) is 7.10. The van der Waals surface area contributed by atoms with Crippen LogP contribution >= 0.6 is 0 Å². The Balaban J connectivity index is 2.04. The summed E-state index contributed by atoms with van der Waals surface area (Å²) in [5, 5.41) is 6.48. The minimum Gasteiger partial charge on any atom is -0.468 e. The van der Waals surface area contributed by atoms with Crippen LogP contribution in [0.3, 0.4) is 0 Å². The number of aromatic nitrogens is 2. The molecule has 0 radical (unpaired) electrons. The number of ether oxygens (including phenoxy) is 1. The van der Waals surface area contributed by atoms with Crippen molar-refractivity contribution in [3.8, 4) is 11.1 Å². The molecule has 0 saturated carbocycles. The number of alkyl halides is 3. The summed E-state index contributed by atoms with van der Waals surface area (Å²) in [4.78, 5) is 23.4. The van der Waals surface area contributed by atoms with E-state index in [1.807, 2.05) is 0 Å². The van der Waals surface area contributed by atoms with Gasteiger partial charge in [0.2, 0.25) is 0 Å². The number of carbonyl (C=O) groups is 2. The van der Waals surface area contributed by atoms with E-state index >= 15 is 0 Å². The van der Waals surface area contributed by atoms with Gasteiger partial charge in [0, 0.05) is 11.8 Å². The molecule has 2 aromatic heterocycles. The van der Waals surface area contributed by atoms with E-state index in [0.717, 1.165) is 12.1 Å². The average molecular weight is 377 g/mol. The van der Waals surface area contributed by atoms with Crippen molar-refractivity contribution in [1.82, 2.24) is 14.9 Å². The molecule has 140 valence electrons. The van der Waals surface area contributed by atoms with Gasteiger partial charge < -0.3 is 10.1 Å². The number of benzene rings is 1. The van der Waals surface area contributed by atoms with Gasteiger partial charge in [-0.1, -0.05) is 12.1 Å². The van der Waals surface area contributed by atoms with Gasteiger partial charge in [0.05, 0.1) is 18.2 Å². The zero-order valence-corrected chi connectivity index (χ0v) is 14.1. The van der Waals surface area contributed by atoms with Gasteiger partial charge in [0.25, 0.3) is 5.91 Å². The number of halogens is 3. The number of nitrogens with zero attached hydrogens (tertiary/aromatic N) is 2. The van der Waals surface area contributed by atoms with Gasteiger partial charge in [-0.05, 0) is 35.9 Å². The highest BCUT2D eigenvalue weighted by molar-refractivity contribution is 5.96. The SMILES string of the molecule is COC(=O)CNC(=O)c1cc(-c2cccc(C(F)(F)F)c2)c2cccn2n1. The van der Waals surface area contributed by atoms with Crippen molar-refractivity contribution < 1.29 is 27.5 Å². The zero-order chi connectivity index (χ0) is 19.6. The van der Waals surface area contributed by atoms with Crippen LogP contribution in [0.15, 0.2) is 48.7 Å². The molecule has 0 aliphatic rings. The number of nitrogens with one attached hydrogen (secondary N) is 1. The standard InChI is InChI=1S/C18H14F3N3O3/c1-27-16(25)10-22-17(26)14-9-13(15-6-3-7-24(15)23-14)11-4-2-5-12(8-11)18(19,20)21/h2-9H,10H2,1H3,(H,22,26). The van der Waals surface area contributed by atoms with E-state index in [1.54, 1.807) is 18.3 Å². The number of carbonyl (C=O) groups excluding carboxylic acids is 2. The molecule has 0 bridgehead atoms. The van der Waals surface area contributed by atoms with Gasteiger partial charge >= 0.3 is 12.1 Å². The Bertz CT molecular complexity index is 1010. The lowest BCUT2D eigenvalue weighted by Crippen LogP contribution is -2.31. The maximum Gasteiger partial charge on any atom is 0.416 e. The lowest BCUT2D eigenvalue weighted by Gasteiger charge is -2.11. The number of hydrogen-bond acceptors (Lipinski definition) is 4. The van der Waals surface area contributed by atoms with E-state index in [4.69, 9.17) is 0 Å². The summed E-state index contributed by atoms with van der Waals surface area (Å²) >= 11 is 0. The third-order valence-corrected chi connectivity index (χ3v) is 3.86. The number of esters is 1. The van der Waals surface area contributed by atoms with E-state index in [0.29, 0.717) is 11.1 Å². The maximum atomic E-state index is 13.0. The second-order valence-corrected chi connectivity index (χ2v) is 5.62. The molecule has 0 fully saturated rings. The highest BCUT2D eigenvalue weighted by atomic mass is 19.4.